The van der Waals surface area contributed by atoms with E-state index in [4.69, 9.17) is 4.74 Å². The lowest BCUT2D eigenvalue weighted by molar-refractivity contribution is -0.127. The number of amides is 1. The molecule has 0 saturated carbocycles. The zero-order valence-electron chi connectivity index (χ0n) is 14.3. The van der Waals surface area contributed by atoms with Crippen LogP contribution in [0.3, 0.4) is 0 Å². The molecular formula is C20H25NO2. The molecular weight excluding hydrogens is 286 g/mol. The van der Waals surface area contributed by atoms with Gasteiger partial charge in [-0.05, 0) is 43.9 Å². The summed E-state index contributed by atoms with van der Waals surface area (Å²) in [5, 5.41) is 2.97. The second kappa shape index (κ2) is 7.82. The minimum absolute atomic E-state index is 0.0900. The Morgan fingerprint density at radius 1 is 1.09 bits per heavy atom. The number of hydrogen-bond donors (Lipinski definition) is 1. The topological polar surface area (TPSA) is 38.3 Å². The fourth-order valence-electron chi connectivity index (χ4n) is 2.47. The Labute approximate surface area is 138 Å². The molecule has 0 fully saturated rings. The summed E-state index contributed by atoms with van der Waals surface area (Å²) in [7, 11) is 0. The van der Waals surface area contributed by atoms with E-state index in [0.29, 0.717) is 6.54 Å². The normalized spacial score (nSPS) is 13.2. The predicted molar refractivity (Wildman–Crippen MR) is 93.9 cm³/mol. The summed E-state index contributed by atoms with van der Waals surface area (Å²) in [6.07, 6.45) is -0.514. The first-order chi connectivity index (χ1) is 11.0. The van der Waals surface area contributed by atoms with E-state index < -0.39 is 6.10 Å². The molecule has 0 saturated heterocycles. The summed E-state index contributed by atoms with van der Waals surface area (Å²) >= 11 is 0. The first-order valence-corrected chi connectivity index (χ1v) is 8.04. The molecule has 2 aromatic carbocycles. The number of nitrogens with one attached hydrogen (secondary N) is 1. The standard InChI is InChI=1S/C20H25NO2/c1-14-10-11-19(15(2)12-14)23-17(4)20(22)21-13-16(3)18-8-6-5-7-9-18/h5-12,16-17H,13H2,1-4H3,(H,21,22)/t16-,17-/m1/s1. The number of hydrogen-bond acceptors (Lipinski definition) is 2. The van der Waals surface area contributed by atoms with Gasteiger partial charge in [-0.3, -0.25) is 4.79 Å². The molecule has 122 valence electrons. The Morgan fingerprint density at radius 2 is 1.78 bits per heavy atom. The molecule has 3 nitrogen and oxygen atoms in total. The Hall–Kier alpha value is -2.29. The molecule has 0 bridgehead atoms. The number of ether oxygens (including phenoxy) is 1. The molecule has 2 rings (SSSR count). The average molecular weight is 311 g/mol. The zero-order valence-corrected chi connectivity index (χ0v) is 14.3. The van der Waals surface area contributed by atoms with Crippen molar-refractivity contribution in [1.29, 1.82) is 0 Å². The van der Waals surface area contributed by atoms with Crippen LogP contribution >= 0.6 is 0 Å². The molecule has 0 heterocycles. The quantitative estimate of drug-likeness (QED) is 0.876. The van der Waals surface area contributed by atoms with Gasteiger partial charge in [0.05, 0.1) is 0 Å². The Bertz CT molecular complexity index is 652. The van der Waals surface area contributed by atoms with Crippen LogP contribution in [0.4, 0.5) is 0 Å². The second-order valence-electron chi connectivity index (χ2n) is 6.09. The Balaban J connectivity index is 1.87. The monoisotopic (exact) mass is 311 g/mol. The van der Waals surface area contributed by atoms with Crippen molar-refractivity contribution in [1.82, 2.24) is 5.32 Å². The van der Waals surface area contributed by atoms with Crippen LogP contribution in [-0.2, 0) is 4.79 Å². The highest BCUT2D eigenvalue weighted by atomic mass is 16.5. The fraction of sp³-hybridized carbons (Fsp3) is 0.350. The van der Waals surface area contributed by atoms with Crippen molar-refractivity contribution in [3.05, 3.63) is 65.2 Å². The van der Waals surface area contributed by atoms with Crippen molar-refractivity contribution >= 4 is 5.91 Å². The van der Waals surface area contributed by atoms with E-state index in [1.165, 1.54) is 11.1 Å². The van der Waals surface area contributed by atoms with E-state index in [9.17, 15) is 4.79 Å². The lowest BCUT2D eigenvalue weighted by Gasteiger charge is -2.18. The van der Waals surface area contributed by atoms with Crippen LogP contribution in [0.25, 0.3) is 0 Å². The molecule has 0 unspecified atom stereocenters. The van der Waals surface area contributed by atoms with Crippen LogP contribution < -0.4 is 10.1 Å². The van der Waals surface area contributed by atoms with Crippen LogP contribution in [0.2, 0.25) is 0 Å². The second-order valence-corrected chi connectivity index (χ2v) is 6.09. The number of carbonyl (C=O) groups excluding carboxylic acids is 1. The van der Waals surface area contributed by atoms with Crippen molar-refractivity contribution in [2.24, 2.45) is 0 Å². The van der Waals surface area contributed by atoms with Crippen molar-refractivity contribution < 1.29 is 9.53 Å². The van der Waals surface area contributed by atoms with Crippen LogP contribution in [-0.4, -0.2) is 18.6 Å². The summed E-state index contributed by atoms with van der Waals surface area (Å²) < 4.78 is 5.79. The van der Waals surface area contributed by atoms with Crippen molar-refractivity contribution in [2.45, 2.75) is 39.7 Å². The molecule has 2 atom stereocenters. The van der Waals surface area contributed by atoms with Gasteiger partial charge in [0.1, 0.15) is 5.75 Å². The summed E-state index contributed by atoms with van der Waals surface area (Å²) in [4.78, 5) is 12.2. The van der Waals surface area contributed by atoms with Crippen molar-refractivity contribution in [3.8, 4) is 5.75 Å². The molecule has 0 radical (unpaired) electrons. The molecule has 0 aliphatic heterocycles. The molecule has 0 aliphatic rings. The van der Waals surface area contributed by atoms with Crippen LogP contribution in [0.1, 0.15) is 36.5 Å². The summed E-state index contributed by atoms with van der Waals surface area (Å²) in [6.45, 7) is 8.51. The maximum Gasteiger partial charge on any atom is 0.260 e. The van der Waals surface area contributed by atoms with Gasteiger partial charge in [-0.2, -0.15) is 0 Å². The van der Waals surface area contributed by atoms with Gasteiger partial charge in [0, 0.05) is 6.54 Å². The lowest BCUT2D eigenvalue weighted by atomic mass is 10.0. The third-order valence-corrected chi connectivity index (χ3v) is 3.95. The van der Waals surface area contributed by atoms with E-state index in [1.807, 2.05) is 44.2 Å². The van der Waals surface area contributed by atoms with Gasteiger partial charge < -0.3 is 10.1 Å². The van der Waals surface area contributed by atoms with Gasteiger partial charge in [-0.15, -0.1) is 0 Å². The van der Waals surface area contributed by atoms with Gasteiger partial charge in [0.2, 0.25) is 0 Å². The summed E-state index contributed by atoms with van der Waals surface area (Å²) in [5.74, 6) is 0.940. The zero-order chi connectivity index (χ0) is 16.8. The Kier molecular flexibility index (Phi) is 5.80. The van der Waals surface area contributed by atoms with E-state index in [1.54, 1.807) is 6.92 Å². The SMILES string of the molecule is Cc1ccc(O[C@H](C)C(=O)NC[C@@H](C)c2ccccc2)c(C)c1. The molecule has 3 heteroatoms. The predicted octanol–water partition coefficient (Wildman–Crippen LogP) is 3.99. The lowest BCUT2D eigenvalue weighted by Crippen LogP contribution is -2.38. The van der Waals surface area contributed by atoms with Gasteiger partial charge in [0.25, 0.3) is 5.91 Å². The molecule has 0 aromatic heterocycles. The highest BCUT2D eigenvalue weighted by Gasteiger charge is 2.16. The van der Waals surface area contributed by atoms with Gasteiger partial charge in [0.15, 0.2) is 6.10 Å². The van der Waals surface area contributed by atoms with E-state index in [2.05, 4.69) is 30.4 Å². The maximum atomic E-state index is 12.2. The van der Waals surface area contributed by atoms with Crippen LogP contribution in [0.15, 0.2) is 48.5 Å². The van der Waals surface area contributed by atoms with Crippen molar-refractivity contribution in [3.63, 3.8) is 0 Å². The highest BCUT2D eigenvalue weighted by molar-refractivity contribution is 5.80. The molecule has 0 spiro atoms. The first-order valence-electron chi connectivity index (χ1n) is 8.04. The number of benzene rings is 2. The highest BCUT2D eigenvalue weighted by Crippen LogP contribution is 2.20. The van der Waals surface area contributed by atoms with E-state index in [0.717, 1.165) is 11.3 Å². The van der Waals surface area contributed by atoms with Crippen molar-refractivity contribution in [2.75, 3.05) is 6.54 Å². The molecule has 1 N–H and O–H groups in total. The minimum Gasteiger partial charge on any atom is -0.481 e. The third-order valence-electron chi connectivity index (χ3n) is 3.95. The molecule has 2 aromatic rings. The molecule has 1 amide bonds. The first kappa shape index (κ1) is 17.1. The minimum atomic E-state index is -0.514. The van der Waals surface area contributed by atoms with Gasteiger partial charge in [-0.25, -0.2) is 0 Å². The van der Waals surface area contributed by atoms with Gasteiger partial charge >= 0.3 is 0 Å². The average Bonchev–Trinajstić information content (AvgIpc) is 2.55. The number of carbonyl (C=O) groups is 1. The fourth-order valence-corrected chi connectivity index (χ4v) is 2.47. The van der Waals surface area contributed by atoms with Crippen LogP contribution in [0.5, 0.6) is 5.75 Å². The smallest absolute Gasteiger partial charge is 0.260 e. The largest absolute Gasteiger partial charge is 0.481 e. The van der Waals surface area contributed by atoms with Crippen LogP contribution in [0, 0.1) is 13.8 Å². The Morgan fingerprint density at radius 3 is 2.43 bits per heavy atom. The number of aryl methyl sites for hydroxylation is 2. The third kappa shape index (κ3) is 4.85. The summed E-state index contributed by atoms with van der Waals surface area (Å²) in [6, 6.07) is 16.1. The van der Waals surface area contributed by atoms with Gasteiger partial charge in [-0.1, -0.05) is 55.0 Å². The van der Waals surface area contributed by atoms with E-state index in [-0.39, 0.29) is 11.8 Å². The molecule has 23 heavy (non-hydrogen) atoms. The maximum absolute atomic E-state index is 12.2. The molecule has 0 aliphatic carbocycles. The summed E-state index contributed by atoms with van der Waals surface area (Å²) in [5.41, 5.74) is 3.45. The van der Waals surface area contributed by atoms with E-state index >= 15 is 0 Å². The number of rotatable bonds is 6.